The third-order valence-electron chi connectivity index (χ3n) is 3.91. The Labute approximate surface area is 135 Å². The number of ether oxygens (including phenoxy) is 1. The van der Waals surface area contributed by atoms with E-state index in [2.05, 4.69) is 0 Å². The van der Waals surface area contributed by atoms with Gasteiger partial charge in [0.25, 0.3) is 0 Å². The number of allylic oxidation sites excluding steroid dienone is 1. The van der Waals surface area contributed by atoms with Crippen LogP contribution in [0.2, 0.25) is 0 Å². The molecule has 0 bridgehead atoms. The van der Waals surface area contributed by atoms with Gasteiger partial charge in [-0.05, 0) is 43.2 Å². The van der Waals surface area contributed by atoms with Gasteiger partial charge in [-0.2, -0.15) is 8.78 Å². The molecule has 0 saturated heterocycles. The average Bonchev–Trinajstić information content (AvgIpc) is 2.75. The fourth-order valence-electron chi connectivity index (χ4n) is 2.95. The Morgan fingerprint density at radius 1 is 1.00 bits per heavy atom. The normalized spacial score (nSPS) is 14.8. The number of alkyl halides is 2. The molecular formula is C18H13F5O. The van der Waals surface area contributed by atoms with Crippen LogP contribution in [-0.2, 0) is 5.92 Å². The highest BCUT2D eigenvalue weighted by Gasteiger charge is 2.50. The van der Waals surface area contributed by atoms with E-state index >= 15 is 0 Å². The molecule has 6 heteroatoms. The topological polar surface area (TPSA) is 9.23 Å². The predicted molar refractivity (Wildman–Crippen MR) is 80.6 cm³/mol. The predicted octanol–water partition coefficient (Wildman–Crippen LogP) is 5.66. The monoisotopic (exact) mass is 340 g/mol. The number of fused-ring (bicyclic) bond motifs is 3. The maximum atomic E-state index is 14.6. The molecule has 0 atom stereocenters. The zero-order chi connectivity index (χ0) is 17.6. The molecule has 1 aliphatic carbocycles. The Bertz CT molecular complexity index is 855. The van der Waals surface area contributed by atoms with Gasteiger partial charge in [0.1, 0.15) is 0 Å². The lowest BCUT2D eigenvalue weighted by atomic mass is 10.0. The molecular weight excluding hydrogens is 327 g/mol. The quantitative estimate of drug-likeness (QED) is 0.656. The van der Waals surface area contributed by atoms with E-state index in [1.54, 1.807) is 13.8 Å². The summed E-state index contributed by atoms with van der Waals surface area (Å²) in [5.74, 6) is -8.65. The summed E-state index contributed by atoms with van der Waals surface area (Å²) >= 11 is 0. The SMILES string of the molecule is C/C=C/c1cc2c(c(F)c1F)C(F)(F)c1c-2ccc(OCC)c1F. The van der Waals surface area contributed by atoms with E-state index in [4.69, 9.17) is 4.74 Å². The van der Waals surface area contributed by atoms with Crippen LogP contribution in [0, 0.1) is 17.5 Å². The minimum atomic E-state index is -3.98. The first kappa shape index (κ1) is 16.5. The molecule has 1 nitrogen and oxygen atoms in total. The summed E-state index contributed by atoms with van der Waals surface area (Å²) in [6, 6.07) is 3.55. The van der Waals surface area contributed by atoms with Gasteiger partial charge in [0.15, 0.2) is 23.2 Å². The second-order valence-corrected chi connectivity index (χ2v) is 5.32. The second-order valence-electron chi connectivity index (χ2n) is 5.32. The van der Waals surface area contributed by atoms with Gasteiger partial charge in [-0.1, -0.05) is 12.2 Å². The summed E-state index contributed by atoms with van der Waals surface area (Å²) in [5.41, 5.74) is -2.69. The number of halogens is 5. The Morgan fingerprint density at radius 3 is 2.29 bits per heavy atom. The van der Waals surface area contributed by atoms with Crippen LogP contribution in [0.25, 0.3) is 17.2 Å². The van der Waals surface area contributed by atoms with Gasteiger partial charge in [-0.3, -0.25) is 0 Å². The molecule has 0 spiro atoms. The van der Waals surface area contributed by atoms with Crippen LogP contribution in [0.5, 0.6) is 5.75 Å². The summed E-state index contributed by atoms with van der Waals surface area (Å²) in [6.07, 6.45) is 2.72. The zero-order valence-electron chi connectivity index (χ0n) is 12.9. The molecule has 3 rings (SSSR count). The fraction of sp³-hybridized carbons (Fsp3) is 0.222. The first-order chi connectivity index (χ1) is 11.3. The molecule has 0 amide bonds. The van der Waals surface area contributed by atoms with Crippen LogP contribution in [0.4, 0.5) is 22.0 Å². The van der Waals surface area contributed by atoms with E-state index in [1.165, 1.54) is 24.3 Å². The van der Waals surface area contributed by atoms with Crippen molar-refractivity contribution in [2.24, 2.45) is 0 Å². The van der Waals surface area contributed by atoms with E-state index in [-0.39, 0.29) is 29.0 Å². The molecule has 0 aliphatic heterocycles. The van der Waals surface area contributed by atoms with Crippen molar-refractivity contribution < 1.29 is 26.7 Å². The molecule has 0 radical (unpaired) electrons. The fourth-order valence-corrected chi connectivity index (χ4v) is 2.95. The van der Waals surface area contributed by atoms with E-state index in [1.807, 2.05) is 0 Å². The van der Waals surface area contributed by atoms with Gasteiger partial charge in [0.05, 0.1) is 17.7 Å². The van der Waals surface area contributed by atoms with Crippen molar-refractivity contribution in [2.45, 2.75) is 19.8 Å². The number of benzene rings is 2. The van der Waals surface area contributed by atoms with Crippen LogP contribution in [0.1, 0.15) is 30.5 Å². The van der Waals surface area contributed by atoms with Gasteiger partial charge in [0.2, 0.25) is 0 Å². The Hall–Kier alpha value is -2.37. The van der Waals surface area contributed by atoms with E-state index in [0.717, 1.165) is 6.07 Å². The van der Waals surface area contributed by atoms with Gasteiger partial charge >= 0.3 is 5.92 Å². The molecule has 126 valence electrons. The lowest BCUT2D eigenvalue weighted by Gasteiger charge is -2.15. The molecule has 0 aromatic heterocycles. The molecule has 1 aliphatic rings. The number of rotatable bonds is 3. The standard InChI is InChI=1S/C18H13F5O/c1-3-5-9-8-11-10-6-7-12(24-4-2)16(20)13(10)18(22,23)14(11)17(21)15(9)19/h3,5-8H,4H2,1-2H3/b5-3+. The summed E-state index contributed by atoms with van der Waals surface area (Å²) < 4.78 is 77.1. The van der Waals surface area contributed by atoms with Crippen LogP contribution in [-0.4, -0.2) is 6.61 Å². The van der Waals surface area contributed by atoms with E-state index in [0.29, 0.717) is 0 Å². The highest BCUT2D eigenvalue weighted by Crippen LogP contribution is 2.54. The van der Waals surface area contributed by atoms with Crippen molar-refractivity contribution in [3.05, 3.63) is 58.4 Å². The minimum absolute atomic E-state index is 0.0860. The molecule has 24 heavy (non-hydrogen) atoms. The van der Waals surface area contributed by atoms with Crippen molar-refractivity contribution in [1.29, 1.82) is 0 Å². The van der Waals surface area contributed by atoms with E-state index < -0.39 is 34.5 Å². The summed E-state index contributed by atoms with van der Waals surface area (Å²) in [5, 5.41) is 0. The Kier molecular flexibility index (Phi) is 3.86. The third kappa shape index (κ3) is 2.12. The summed E-state index contributed by atoms with van der Waals surface area (Å²) in [6.45, 7) is 3.25. The van der Waals surface area contributed by atoms with Crippen molar-refractivity contribution in [3.63, 3.8) is 0 Å². The largest absolute Gasteiger partial charge is 0.491 e. The summed E-state index contributed by atoms with van der Waals surface area (Å²) in [4.78, 5) is 0. The van der Waals surface area contributed by atoms with Crippen molar-refractivity contribution in [2.75, 3.05) is 6.61 Å². The van der Waals surface area contributed by atoms with Crippen LogP contribution >= 0.6 is 0 Å². The molecule has 2 aromatic rings. The highest BCUT2D eigenvalue weighted by molar-refractivity contribution is 5.82. The lowest BCUT2D eigenvalue weighted by Crippen LogP contribution is -2.16. The minimum Gasteiger partial charge on any atom is -0.491 e. The second kappa shape index (κ2) is 5.61. The van der Waals surface area contributed by atoms with Gasteiger partial charge in [-0.15, -0.1) is 0 Å². The van der Waals surface area contributed by atoms with Crippen molar-refractivity contribution in [3.8, 4) is 16.9 Å². The Balaban J connectivity index is 2.36. The number of hydrogen-bond donors (Lipinski definition) is 0. The van der Waals surface area contributed by atoms with E-state index in [9.17, 15) is 22.0 Å². The lowest BCUT2D eigenvalue weighted by molar-refractivity contribution is 0.0391. The van der Waals surface area contributed by atoms with Gasteiger partial charge < -0.3 is 4.74 Å². The molecule has 0 unspecified atom stereocenters. The van der Waals surface area contributed by atoms with Gasteiger partial charge in [-0.25, -0.2) is 13.2 Å². The average molecular weight is 340 g/mol. The molecule has 2 aromatic carbocycles. The van der Waals surface area contributed by atoms with Gasteiger partial charge in [0, 0.05) is 5.56 Å². The Morgan fingerprint density at radius 2 is 1.67 bits per heavy atom. The summed E-state index contributed by atoms with van der Waals surface area (Å²) in [7, 11) is 0. The smallest absolute Gasteiger partial charge is 0.305 e. The zero-order valence-corrected chi connectivity index (χ0v) is 12.9. The third-order valence-corrected chi connectivity index (χ3v) is 3.91. The molecule has 0 N–H and O–H groups in total. The first-order valence-electron chi connectivity index (χ1n) is 7.33. The maximum Gasteiger partial charge on any atom is 0.305 e. The van der Waals surface area contributed by atoms with Crippen molar-refractivity contribution >= 4 is 6.08 Å². The number of hydrogen-bond acceptors (Lipinski definition) is 1. The van der Waals surface area contributed by atoms with Crippen LogP contribution in [0.15, 0.2) is 24.3 Å². The molecule has 0 heterocycles. The highest BCUT2D eigenvalue weighted by atomic mass is 19.3. The van der Waals surface area contributed by atoms with Crippen molar-refractivity contribution in [1.82, 2.24) is 0 Å². The van der Waals surface area contributed by atoms with Crippen LogP contribution in [0.3, 0.4) is 0 Å². The maximum absolute atomic E-state index is 14.6. The molecule has 0 fully saturated rings. The first-order valence-corrected chi connectivity index (χ1v) is 7.33. The molecule has 0 saturated carbocycles. The van der Waals surface area contributed by atoms with Crippen LogP contribution < -0.4 is 4.74 Å².